The molecule has 1 amide bonds. The van der Waals surface area contributed by atoms with Crippen molar-refractivity contribution in [2.24, 2.45) is 17.6 Å². The minimum absolute atomic E-state index is 0.0783. The summed E-state index contributed by atoms with van der Waals surface area (Å²) < 4.78 is 0. The summed E-state index contributed by atoms with van der Waals surface area (Å²) >= 11 is 0. The van der Waals surface area contributed by atoms with E-state index < -0.39 is 5.97 Å². The van der Waals surface area contributed by atoms with E-state index in [-0.39, 0.29) is 23.8 Å². The Balaban J connectivity index is 1.86. The molecule has 5 heteroatoms. The van der Waals surface area contributed by atoms with Crippen molar-refractivity contribution < 1.29 is 14.7 Å². The van der Waals surface area contributed by atoms with Crippen molar-refractivity contribution in [2.45, 2.75) is 38.1 Å². The van der Waals surface area contributed by atoms with Crippen LogP contribution in [0.25, 0.3) is 0 Å². The van der Waals surface area contributed by atoms with Gasteiger partial charge in [0, 0.05) is 25.0 Å². The van der Waals surface area contributed by atoms with Crippen molar-refractivity contribution in [3.05, 3.63) is 0 Å². The third-order valence-electron chi connectivity index (χ3n) is 3.98. The Kier molecular flexibility index (Phi) is 3.66. The van der Waals surface area contributed by atoms with Gasteiger partial charge in [-0.05, 0) is 32.1 Å². The maximum atomic E-state index is 12.2. The summed E-state index contributed by atoms with van der Waals surface area (Å²) in [5, 5.41) is 8.92. The van der Waals surface area contributed by atoms with E-state index in [0.29, 0.717) is 12.8 Å². The Morgan fingerprint density at radius 3 is 2.18 bits per heavy atom. The zero-order chi connectivity index (χ0) is 12.4. The lowest BCUT2D eigenvalue weighted by molar-refractivity contribution is -0.141. The lowest BCUT2D eigenvalue weighted by Crippen LogP contribution is -2.44. The number of carbonyl (C=O) groups excluding carboxylic acids is 1. The lowest BCUT2D eigenvalue weighted by atomic mass is 10.0. The highest BCUT2D eigenvalue weighted by atomic mass is 16.4. The van der Waals surface area contributed by atoms with E-state index in [4.69, 9.17) is 10.8 Å². The summed E-state index contributed by atoms with van der Waals surface area (Å²) in [6.07, 6.45) is 3.59. The maximum Gasteiger partial charge on any atom is 0.306 e. The Morgan fingerprint density at radius 2 is 1.65 bits per heavy atom. The number of nitrogens with two attached hydrogens (primary N) is 1. The molecule has 1 saturated heterocycles. The number of rotatable bonds is 2. The minimum Gasteiger partial charge on any atom is -0.481 e. The quantitative estimate of drug-likeness (QED) is 0.733. The van der Waals surface area contributed by atoms with Crippen LogP contribution in [0.1, 0.15) is 32.1 Å². The van der Waals surface area contributed by atoms with E-state index in [1.807, 2.05) is 4.90 Å². The van der Waals surface area contributed by atoms with E-state index in [1.165, 1.54) is 0 Å². The van der Waals surface area contributed by atoms with Gasteiger partial charge < -0.3 is 15.7 Å². The molecule has 0 spiro atoms. The second-order valence-corrected chi connectivity index (χ2v) is 5.21. The molecule has 2 rings (SSSR count). The fraction of sp³-hybridized carbons (Fsp3) is 0.833. The first-order valence-electron chi connectivity index (χ1n) is 6.35. The Labute approximate surface area is 101 Å². The average Bonchev–Trinajstić information content (AvgIpc) is 2.78. The van der Waals surface area contributed by atoms with Gasteiger partial charge in [-0.25, -0.2) is 0 Å². The van der Waals surface area contributed by atoms with Crippen LogP contribution in [-0.4, -0.2) is 41.0 Å². The molecule has 3 N–H and O–H groups in total. The molecule has 2 aliphatic rings. The highest BCUT2D eigenvalue weighted by molar-refractivity contribution is 5.81. The van der Waals surface area contributed by atoms with Gasteiger partial charge in [-0.2, -0.15) is 0 Å². The second kappa shape index (κ2) is 5.04. The molecule has 0 radical (unpaired) electrons. The number of aliphatic carboxylic acids is 1. The predicted octanol–water partition coefficient (Wildman–Crippen LogP) is 0.437. The van der Waals surface area contributed by atoms with Gasteiger partial charge >= 0.3 is 5.97 Å². The Bertz CT molecular complexity index is 311. The zero-order valence-corrected chi connectivity index (χ0v) is 9.97. The number of piperidine rings is 1. The standard InChI is InChI=1S/C12H20N2O3/c13-10-3-5-14(6-4-10)11(15)8-1-2-9(7-8)12(16)17/h8-10H,1-7,13H2,(H,16,17)/t8-,9+/m1/s1. The molecule has 0 bridgehead atoms. The van der Waals surface area contributed by atoms with E-state index in [1.54, 1.807) is 0 Å². The van der Waals surface area contributed by atoms with Crippen molar-refractivity contribution in [1.82, 2.24) is 4.90 Å². The van der Waals surface area contributed by atoms with Crippen LogP contribution in [-0.2, 0) is 9.59 Å². The van der Waals surface area contributed by atoms with E-state index >= 15 is 0 Å². The van der Waals surface area contributed by atoms with Gasteiger partial charge in [0.1, 0.15) is 0 Å². The molecule has 0 unspecified atom stereocenters. The monoisotopic (exact) mass is 240 g/mol. The van der Waals surface area contributed by atoms with Gasteiger partial charge in [-0.3, -0.25) is 9.59 Å². The Hall–Kier alpha value is -1.10. The second-order valence-electron chi connectivity index (χ2n) is 5.21. The molecule has 0 aromatic carbocycles. The zero-order valence-electron chi connectivity index (χ0n) is 9.97. The number of hydrogen-bond donors (Lipinski definition) is 2. The highest BCUT2D eigenvalue weighted by Crippen LogP contribution is 2.32. The summed E-state index contributed by atoms with van der Waals surface area (Å²) in [4.78, 5) is 24.9. The molecular formula is C12H20N2O3. The average molecular weight is 240 g/mol. The van der Waals surface area contributed by atoms with Gasteiger partial charge in [0.05, 0.1) is 5.92 Å². The molecule has 5 nitrogen and oxygen atoms in total. The number of nitrogens with zero attached hydrogens (tertiary/aromatic N) is 1. The third-order valence-corrected chi connectivity index (χ3v) is 3.98. The van der Waals surface area contributed by atoms with E-state index in [0.717, 1.165) is 32.4 Å². The van der Waals surface area contributed by atoms with Crippen LogP contribution in [0.4, 0.5) is 0 Å². The van der Waals surface area contributed by atoms with Crippen LogP contribution in [0.2, 0.25) is 0 Å². The third kappa shape index (κ3) is 2.77. The molecule has 1 aliphatic heterocycles. The number of amides is 1. The molecular weight excluding hydrogens is 220 g/mol. The van der Waals surface area contributed by atoms with Gasteiger partial charge in [-0.1, -0.05) is 0 Å². The first-order valence-corrected chi connectivity index (χ1v) is 6.35. The molecule has 1 aliphatic carbocycles. The molecule has 2 fully saturated rings. The number of likely N-dealkylation sites (tertiary alicyclic amines) is 1. The molecule has 96 valence electrons. The number of carboxylic acid groups (broad SMARTS) is 1. The molecule has 17 heavy (non-hydrogen) atoms. The van der Waals surface area contributed by atoms with Crippen molar-refractivity contribution in [3.63, 3.8) is 0 Å². The fourth-order valence-corrected chi connectivity index (χ4v) is 2.81. The lowest BCUT2D eigenvalue weighted by Gasteiger charge is -2.32. The molecule has 2 atom stereocenters. The molecule has 0 aromatic rings. The predicted molar refractivity (Wildman–Crippen MR) is 62.3 cm³/mol. The highest BCUT2D eigenvalue weighted by Gasteiger charge is 2.36. The van der Waals surface area contributed by atoms with Gasteiger partial charge in [0.2, 0.25) is 5.91 Å². The fourth-order valence-electron chi connectivity index (χ4n) is 2.81. The van der Waals surface area contributed by atoms with Crippen LogP contribution in [0, 0.1) is 11.8 Å². The molecule has 0 aromatic heterocycles. The summed E-state index contributed by atoms with van der Waals surface area (Å²) in [5.41, 5.74) is 5.80. The van der Waals surface area contributed by atoms with Crippen molar-refractivity contribution in [3.8, 4) is 0 Å². The Morgan fingerprint density at radius 1 is 1.06 bits per heavy atom. The molecule has 1 saturated carbocycles. The first kappa shape index (κ1) is 12.4. The summed E-state index contributed by atoms with van der Waals surface area (Å²) in [7, 11) is 0. The SMILES string of the molecule is NC1CCN(C(=O)[C@@H]2CC[C@H](C(=O)O)C2)CC1. The summed E-state index contributed by atoms with van der Waals surface area (Å²) in [6, 6.07) is 0.217. The van der Waals surface area contributed by atoms with Gasteiger partial charge in [-0.15, -0.1) is 0 Å². The topological polar surface area (TPSA) is 83.6 Å². The van der Waals surface area contributed by atoms with E-state index in [2.05, 4.69) is 0 Å². The number of carboxylic acids is 1. The van der Waals surface area contributed by atoms with Crippen LogP contribution in [0.5, 0.6) is 0 Å². The first-order chi connectivity index (χ1) is 8.08. The largest absolute Gasteiger partial charge is 0.481 e. The van der Waals surface area contributed by atoms with Crippen molar-refractivity contribution >= 4 is 11.9 Å². The molecule has 1 heterocycles. The van der Waals surface area contributed by atoms with Gasteiger partial charge in [0.25, 0.3) is 0 Å². The van der Waals surface area contributed by atoms with Crippen LogP contribution in [0.15, 0.2) is 0 Å². The normalized spacial score (nSPS) is 30.5. The number of carbonyl (C=O) groups is 2. The van der Waals surface area contributed by atoms with Crippen LogP contribution >= 0.6 is 0 Å². The van der Waals surface area contributed by atoms with E-state index in [9.17, 15) is 9.59 Å². The van der Waals surface area contributed by atoms with Crippen LogP contribution < -0.4 is 5.73 Å². The smallest absolute Gasteiger partial charge is 0.306 e. The van der Waals surface area contributed by atoms with Crippen molar-refractivity contribution in [1.29, 1.82) is 0 Å². The van der Waals surface area contributed by atoms with Gasteiger partial charge in [0.15, 0.2) is 0 Å². The van der Waals surface area contributed by atoms with Crippen molar-refractivity contribution in [2.75, 3.05) is 13.1 Å². The minimum atomic E-state index is -0.763. The number of hydrogen-bond acceptors (Lipinski definition) is 3. The van der Waals surface area contributed by atoms with Crippen LogP contribution in [0.3, 0.4) is 0 Å². The summed E-state index contributed by atoms with van der Waals surface area (Å²) in [6.45, 7) is 1.46. The maximum absolute atomic E-state index is 12.2. The summed E-state index contributed by atoms with van der Waals surface area (Å²) in [5.74, 6) is -1.02.